The fraction of sp³-hybridized carbons (Fsp3) is 0.250. The third-order valence-corrected chi connectivity index (χ3v) is 3.19. The summed E-state index contributed by atoms with van der Waals surface area (Å²) < 4.78 is 9.45. The fourth-order valence-corrected chi connectivity index (χ4v) is 2.12. The monoisotopic (exact) mass is 287 g/mol. The molecule has 0 bridgehead atoms. The van der Waals surface area contributed by atoms with Crippen molar-refractivity contribution in [2.75, 3.05) is 14.2 Å². The van der Waals surface area contributed by atoms with Gasteiger partial charge in [-0.15, -0.1) is 0 Å². The Labute approximate surface area is 123 Å². The van der Waals surface area contributed by atoms with Crippen LogP contribution in [0.2, 0.25) is 0 Å². The zero-order valence-electron chi connectivity index (χ0n) is 12.0. The van der Waals surface area contributed by atoms with E-state index in [-0.39, 0.29) is 5.57 Å². The molecule has 1 atom stereocenters. The quantitative estimate of drug-likeness (QED) is 0.791. The maximum absolute atomic E-state index is 11.8. The lowest BCUT2D eigenvalue weighted by atomic mass is 9.97. The Morgan fingerprint density at radius 3 is 2.48 bits per heavy atom. The molecule has 2 rings (SSSR count). The lowest BCUT2D eigenvalue weighted by Crippen LogP contribution is -2.28. The van der Waals surface area contributed by atoms with Crippen LogP contribution in [0.1, 0.15) is 5.56 Å². The van der Waals surface area contributed by atoms with Gasteiger partial charge in [-0.1, -0.05) is 30.3 Å². The van der Waals surface area contributed by atoms with E-state index in [9.17, 15) is 9.59 Å². The summed E-state index contributed by atoms with van der Waals surface area (Å²) in [6, 6.07) is 9.83. The predicted octanol–water partition coefficient (Wildman–Crippen LogP) is 1.86. The Morgan fingerprint density at radius 2 is 1.86 bits per heavy atom. The predicted molar refractivity (Wildman–Crippen MR) is 76.7 cm³/mol. The van der Waals surface area contributed by atoms with Crippen molar-refractivity contribution in [3.05, 3.63) is 59.9 Å². The van der Waals surface area contributed by atoms with Gasteiger partial charge in [0.05, 0.1) is 19.8 Å². The van der Waals surface area contributed by atoms with Crippen molar-refractivity contribution in [2.24, 2.45) is 5.92 Å². The average molecular weight is 287 g/mol. The van der Waals surface area contributed by atoms with Gasteiger partial charge in [0.25, 0.3) is 0 Å². The third kappa shape index (κ3) is 3.51. The number of ether oxygens (including phenoxy) is 2. The number of rotatable bonds is 4. The Hall–Kier alpha value is -2.56. The molecule has 5 heteroatoms. The van der Waals surface area contributed by atoms with Crippen LogP contribution in [0, 0.1) is 5.92 Å². The molecule has 0 spiro atoms. The minimum absolute atomic E-state index is 0.266. The number of benzene rings is 1. The summed E-state index contributed by atoms with van der Waals surface area (Å²) in [7, 11) is 2.58. The smallest absolute Gasteiger partial charge is 0.336 e. The second-order valence-corrected chi connectivity index (χ2v) is 4.58. The van der Waals surface area contributed by atoms with Crippen LogP contribution in [0.15, 0.2) is 54.4 Å². The average Bonchev–Trinajstić information content (AvgIpc) is 2.54. The molecule has 0 radical (unpaired) electrons. The van der Waals surface area contributed by atoms with Crippen LogP contribution >= 0.6 is 0 Å². The summed E-state index contributed by atoms with van der Waals surface area (Å²) >= 11 is 0. The first-order chi connectivity index (χ1) is 10.2. The number of esters is 2. The zero-order chi connectivity index (χ0) is 15.2. The summed E-state index contributed by atoms with van der Waals surface area (Å²) in [4.78, 5) is 25.4. The topological polar surface area (TPSA) is 55.8 Å². The van der Waals surface area contributed by atoms with Crippen LogP contribution in [-0.4, -0.2) is 31.1 Å². The molecule has 0 aliphatic carbocycles. The minimum atomic E-state index is -0.727. The van der Waals surface area contributed by atoms with Crippen LogP contribution in [0.3, 0.4) is 0 Å². The van der Waals surface area contributed by atoms with Crippen molar-refractivity contribution in [3.8, 4) is 0 Å². The first kappa shape index (κ1) is 14.8. The number of nitrogens with zero attached hydrogens (tertiary/aromatic N) is 1. The van der Waals surface area contributed by atoms with Crippen molar-refractivity contribution in [1.82, 2.24) is 4.90 Å². The van der Waals surface area contributed by atoms with Crippen LogP contribution in [0.5, 0.6) is 0 Å². The molecule has 1 unspecified atom stereocenters. The maximum Gasteiger partial charge on any atom is 0.336 e. The van der Waals surface area contributed by atoms with Crippen LogP contribution in [-0.2, 0) is 25.6 Å². The Balaban J connectivity index is 2.21. The van der Waals surface area contributed by atoms with E-state index in [2.05, 4.69) is 0 Å². The molecule has 0 N–H and O–H groups in total. The van der Waals surface area contributed by atoms with E-state index in [1.807, 2.05) is 35.2 Å². The fourth-order valence-electron chi connectivity index (χ4n) is 2.12. The molecular weight excluding hydrogens is 270 g/mol. The molecular formula is C16H17NO4. The molecule has 5 nitrogen and oxygen atoms in total. The molecule has 0 aromatic heterocycles. The van der Waals surface area contributed by atoms with E-state index in [1.165, 1.54) is 14.2 Å². The summed E-state index contributed by atoms with van der Waals surface area (Å²) in [5.41, 5.74) is 1.36. The number of carbonyl (C=O) groups is 2. The molecule has 0 fully saturated rings. The van der Waals surface area contributed by atoms with Crippen molar-refractivity contribution >= 4 is 11.9 Å². The first-order valence-electron chi connectivity index (χ1n) is 6.51. The van der Waals surface area contributed by atoms with E-state index in [4.69, 9.17) is 9.47 Å². The molecule has 110 valence electrons. The standard InChI is InChI=1S/C16H17NO4/c1-20-15(18)13-8-9-17(11-14(13)16(19)21-2)10-12-6-4-3-5-7-12/h3-9,11,13H,10H2,1-2H3. The summed E-state index contributed by atoms with van der Waals surface area (Å²) in [5.74, 6) is -1.75. The van der Waals surface area contributed by atoms with Gasteiger partial charge in [0.15, 0.2) is 0 Å². The van der Waals surface area contributed by atoms with Crippen molar-refractivity contribution in [3.63, 3.8) is 0 Å². The number of hydrogen-bond acceptors (Lipinski definition) is 5. The third-order valence-electron chi connectivity index (χ3n) is 3.19. The lowest BCUT2D eigenvalue weighted by molar-refractivity contribution is -0.146. The number of carbonyl (C=O) groups excluding carboxylic acids is 2. The second kappa shape index (κ2) is 6.74. The van der Waals surface area contributed by atoms with Crippen LogP contribution < -0.4 is 0 Å². The summed E-state index contributed by atoms with van der Waals surface area (Å²) in [6.45, 7) is 0.603. The highest BCUT2D eigenvalue weighted by Crippen LogP contribution is 2.23. The Bertz CT molecular complexity index is 577. The van der Waals surface area contributed by atoms with Gasteiger partial charge in [-0.2, -0.15) is 0 Å². The summed E-state index contributed by atoms with van der Waals surface area (Å²) in [5, 5.41) is 0. The van der Waals surface area contributed by atoms with Crippen LogP contribution in [0.25, 0.3) is 0 Å². The van der Waals surface area contributed by atoms with Gasteiger partial charge in [-0.25, -0.2) is 4.79 Å². The molecule has 1 aliphatic heterocycles. The van der Waals surface area contributed by atoms with Gasteiger partial charge in [0, 0.05) is 18.9 Å². The van der Waals surface area contributed by atoms with Gasteiger partial charge >= 0.3 is 11.9 Å². The maximum atomic E-state index is 11.8. The highest BCUT2D eigenvalue weighted by atomic mass is 16.5. The Kier molecular flexibility index (Phi) is 4.77. The largest absolute Gasteiger partial charge is 0.468 e. The SMILES string of the molecule is COC(=O)C1=CN(Cc2ccccc2)C=CC1C(=O)OC. The van der Waals surface area contributed by atoms with Gasteiger partial charge in [0.1, 0.15) is 5.92 Å². The zero-order valence-corrected chi connectivity index (χ0v) is 12.0. The highest BCUT2D eigenvalue weighted by molar-refractivity contribution is 5.96. The molecule has 0 saturated heterocycles. The minimum Gasteiger partial charge on any atom is -0.468 e. The highest BCUT2D eigenvalue weighted by Gasteiger charge is 2.30. The van der Waals surface area contributed by atoms with E-state index < -0.39 is 17.9 Å². The van der Waals surface area contributed by atoms with E-state index in [0.717, 1.165) is 5.56 Å². The van der Waals surface area contributed by atoms with Gasteiger partial charge in [-0.05, 0) is 11.6 Å². The van der Waals surface area contributed by atoms with E-state index in [1.54, 1.807) is 18.5 Å². The van der Waals surface area contributed by atoms with Crippen molar-refractivity contribution in [1.29, 1.82) is 0 Å². The van der Waals surface area contributed by atoms with Gasteiger partial charge in [0.2, 0.25) is 0 Å². The van der Waals surface area contributed by atoms with Crippen molar-refractivity contribution in [2.45, 2.75) is 6.54 Å². The van der Waals surface area contributed by atoms with Gasteiger partial charge in [-0.3, -0.25) is 4.79 Å². The molecule has 0 amide bonds. The molecule has 1 aromatic carbocycles. The first-order valence-corrected chi connectivity index (χ1v) is 6.51. The number of hydrogen-bond donors (Lipinski definition) is 0. The second-order valence-electron chi connectivity index (χ2n) is 4.58. The van der Waals surface area contributed by atoms with E-state index >= 15 is 0 Å². The van der Waals surface area contributed by atoms with Gasteiger partial charge < -0.3 is 14.4 Å². The van der Waals surface area contributed by atoms with Crippen LogP contribution in [0.4, 0.5) is 0 Å². The molecule has 21 heavy (non-hydrogen) atoms. The molecule has 1 aliphatic rings. The lowest BCUT2D eigenvalue weighted by Gasteiger charge is -2.24. The number of methoxy groups -OCH3 is 2. The molecule has 1 aromatic rings. The Morgan fingerprint density at radius 1 is 1.14 bits per heavy atom. The normalized spacial score (nSPS) is 17.1. The molecule has 1 heterocycles. The van der Waals surface area contributed by atoms with E-state index in [0.29, 0.717) is 6.54 Å². The summed E-state index contributed by atoms with van der Waals surface area (Å²) in [6.07, 6.45) is 5.03. The molecule has 0 saturated carbocycles. The van der Waals surface area contributed by atoms with Crippen molar-refractivity contribution < 1.29 is 19.1 Å².